The zero-order chi connectivity index (χ0) is 18.2. The third-order valence-electron chi connectivity index (χ3n) is 3.54. The van der Waals surface area contributed by atoms with Crippen molar-refractivity contribution >= 4 is 23.3 Å². The Kier molecular flexibility index (Phi) is 6.55. The second kappa shape index (κ2) is 8.86. The highest BCUT2D eigenvalue weighted by Crippen LogP contribution is 2.29. The first-order chi connectivity index (χ1) is 12.1. The molecule has 0 radical (unpaired) electrons. The van der Waals surface area contributed by atoms with E-state index in [2.05, 4.69) is 11.2 Å². The van der Waals surface area contributed by atoms with E-state index in [1.54, 1.807) is 31.4 Å². The molecular formula is C19H19ClN2O3. The normalized spacial score (nSPS) is 9.84. The summed E-state index contributed by atoms with van der Waals surface area (Å²) in [5.41, 5.74) is 1.31. The number of ether oxygens (including phenoxy) is 2. The van der Waals surface area contributed by atoms with Gasteiger partial charge in [-0.25, -0.2) is 4.79 Å². The number of carbonyl (C=O) groups is 1. The molecule has 2 rings (SSSR count). The molecule has 0 unspecified atom stereocenters. The van der Waals surface area contributed by atoms with E-state index in [1.807, 2.05) is 18.2 Å². The lowest BCUT2D eigenvalue weighted by Crippen LogP contribution is -2.35. The number of amides is 2. The number of terminal acetylenes is 1. The zero-order valence-electron chi connectivity index (χ0n) is 14.1. The van der Waals surface area contributed by atoms with Crippen LogP contribution in [0, 0.1) is 12.3 Å². The highest BCUT2D eigenvalue weighted by atomic mass is 35.5. The van der Waals surface area contributed by atoms with Gasteiger partial charge in [0.1, 0.15) is 11.5 Å². The molecule has 0 spiro atoms. The Balaban J connectivity index is 2.21. The number of benzene rings is 2. The molecule has 5 nitrogen and oxygen atoms in total. The smallest absolute Gasteiger partial charge is 0.323 e. The predicted octanol–water partition coefficient (Wildman–Crippen LogP) is 4.02. The van der Waals surface area contributed by atoms with E-state index in [0.29, 0.717) is 28.8 Å². The summed E-state index contributed by atoms with van der Waals surface area (Å²) in [4.78, 5) is 14.2. The van der Waals surface area contributed by atoms with Gasteiger partial charge in [-0.15, -0.1) is 6.42 Å². The molecule has 2 aromatic carbocycles. The molecule has 0 fully saturated rings. The molecule has 2 amide bonds. The number of methoxy groups -OCH3 is 2. The monoisotopic (exact) mass is 358 g/mol. The minimum atomic E-state index is -0.357. The van der Waals surface area contributed by atoms with Crippen molar-refractivity contribution in [3.05, 3.63) is 53.1 Å². The van der Waals surface area contributed by atoms with Gasteiger partial charge in [0.2, 0.25) is 0 Å². The van der Waals surface area contributed by atoms with Crippen LogP contribution in [0.4, 0.5) is 10.5 Å². The zero-order valence-corrected chi connectivity index (χ0v) is 14.8. The van der Waals surface area contributed by atoms with Crippen molar-refractivity contribution in [2.45, 2.75) is 6.54 Å². The average Bonchev–Trinajstić information content (AvgIpc) is 2.62. The number of halogens is 1. The molecule has 0 bridgehead atoms. The van der Waals surface area contributed by atoms with Gasteiger partial charge in [-0.3, -0.25) is 0 Å². The van der Waals surface area contributed by atoms with Gasteiger partial charge in [-0.05, 0) is 23.8 Å². The van der Waals surface area contributed by atoms with Crippen LogP contribution in [-0.4, -0.2) is 31.7 Å². The predicted molar refractivity (Wildman–Crippen MR) is 99.3 cm³/mol. The first kappa shape index (κ1) is 18.5. The van der Waals surface area contributed by atoms with Gasteiger partial charge in [-0.1, -0.05) is 35.7 Å². The summed E-state index contributed by atoms with van der Waals surface area (Å²) < 4.78 is 10.5. The Morgan fingerprint density at radius 3 is 2.64 bits per heavy atom. The van der Waals surface area contributed by atoms with Crippen molar-refractivity contribution in [3.63, 3.8) is 0 Å². The number of nitrogens with zero attached hydrogens (tertiary/aromatic N) is 1. The highest BCUT2D eigenvalue weighted by molar-refractivity contribution is 6.31. The number of rotatable bonds is 6. The molecule has 0 saturated heterocycles. The summed E-state index contributed by atoms with van der Waals surface area (Å²) in [6.45, 7) is 0.436. The molecule has 2 aromatic rings. The molecule has 0 atom stereocenters. The van der Waals surface area contributed by atoms with Crippen molar-refractivity contribution in [3.8, 4) is 23.8 Å². The summed E-state index contributed by atoms with van der Waals surface area (Å²) in [5.74, 6) is 3.61. The third-order valence-corrected chi connectivity index (χ3v) is 3.91. The van der Waals surface area contributed by atoms with Crippen LogP contribution in [0.15, 0.2) is 42.5 Å². The Labute approximate surface area is 152 Å². The maximum absolute atomic E-state index is 12.7. The lowest BCUT2D eigenvalue weighted by molar-refractivity contribution is 0.215. The summed E-state index contributed by atoms with van der Waals surface area (Å²) in [5, 5.41) is 3.38. The molecule has 25 heavy (non-hydrogen) atoms. The van der Waals surface area contributed by atoms with Crippen molar-refractivity contribution in [1.29, 1.82) is 0 Å². The maximum atomic E-state index is 12.7. The van der Waals surface area contributed by atoms with E-state index in [9.17, 15) is 4.79 Å². The van der Waals surface area contributed by atoms with Gasteiger partial charge in [0.25, 0.3) is 0 Å². The van der Waals surface area contributed by atoms with Crippen LogP contribution in [-0.2, 0) is 6.54 Å². The highest BCUT2D eigenvalue weighted by Gasteiger charge is 2.17. The maximum Gasteiger partial charge on any atom is 0.323 e. The first-order valence-electron chi connectivity index (χ1n) is 7.54. The van der Waals surface area contributed by atoms with Crippen molar-refractivity contribution in [2.75, 3.05) is 26.1 Å². The van der Waals surface area contributed by atoms with Crippen molar-refractivity contribution < 1.29 is 14.3 Å². The Bertz CT molecular complexity index is 786. The average molecular weight is 359 g/mol. The van der Waals surface area contributed by atoms with Gasteiger partial charge in [-0.2, -0.15) is 0 Å². The van der Waals surface area contributed by atoms with Crippen molar-refractivity contribution in [2.24, 2.45) is 0 Å². The number of nitrogens with one attached hydrogen (secondary N) is 1. The molecule has 1 N–H and O–H groups in total. The largest absolute Gasteiger partial charge is 0.497 e. The van der Waals surface area contributed by atoms with Crippen LogP contribution in [0.3, 0.4) is 0 Å². The van der Waals surface area contributed by atoms with Crippen LogP contribution in [0.25, 0.3) is 0 Å². The lowest BCUT2D eigenvalue weighted by Gasteiger charge is -2.22. The third kappa shape index (κ3) is 4.82. The SMILES string of the molecule is C#CCN(Cc1ccccc1Cl)C(=O)Nc1cc(OC)ccc1OC. The van der Waals surface area contributed by atoms with Crippen LogP contribution >= 0.6 is 11.6 Å². The number of anilines is 1. The fraction of sp³-hybridized carbons (Fsp3) is 0.211. The van der Waals surface area contributed by atoms with Crippen LogP contribution in [0.5, 0.6) is 11.5 Å². The van der Waals surface area contributed by atoms with E-state index in [1.165, 1.54) is 12.0 Å². The summed E-state index contributed by atoms with van der Waals surface area (Å²) in [7, 11) is 3.08. The Morgan fingerprint density at radius 2 is 2.00 bits per heavy atom. The molecule has 0 aliphatic heterocycles. The van der Waals surface area contributed by atoms with Gasteiger partial charge in [0.05, 0.1) is 26.5 Å². The van der Waals surface area contributed by atoms with Gasteiger partial charge >= 0.3 is 6.03 Å². The fourth-order valence-corrected chi connectivity index (χ4v) is 2.44. The molecule has 0 aliphatic rings. The molecule has 0 aliphatic carbocycles. The standard InChI is InChI=1S/C19H19ClN2O3/c1-4-11-22(13-14-7-5-6-8-16(14)20)19(23)21-17-12-15(24-2)9-10-18(17)25-3/h1,5-10,12H,11,13H2,2-3H3,(H,21,23). The molecule has 0 aromatic heterocycles. The first-order valence-corrected chi connectivity index (χ1v) is 7.91. The van der Waals surface area contributed by atoms with Gasteiger partial charge < -0.3 is 19.7 Å². The Hall–Kier alpha value is -2.84. The topological polar surface area (TPSA) is 50.8 Å². The van der Waals surface area contributed by atoms with E-state index < -0.39 is 0 Å². The second-order valence-corrected chi connectivity index (χ2v) is 5.56. The fourth-order valence-electron chi connectivity index (χ4n) is 2.25. The van der Waals surface area contributed by atoms with E-state index in [4.69, 9.17) is 27.5 Å². The number of urea groups is 1. The van der Waals surface area contributed by atoms with Crippen molar-refractivity contribution in [1.82, 2.24) is 4.90 Å². The minimum absolute atomic E-state index is 0.142. The summed E-state index contributed by atoms with van der Waals surface area (Å²) in [6, 6.07) is 12.1. The van der Waals surface area contributed by atoms with Crippen LogP contribution in [0.2, 0.25) is 5.02 Å². The van der Waals surface area contributed by atoms with E-state index in [-0.39, 0.29) is 12.6 Å². The molecule has 130 valence electrons. The minimum Gasteiger partial charge on any atom is -0.497 e. The molecule has 0 saturated carbocycles. The second-order valence-electron chi connectivity index (χ2n) is 5.15. The van der Waals surface area contributed by atoms with Gasteiger partial charge in [0.15, 0.2) is 0 Å². The molecular weight excluding hydrogens is 340 g/mol. The lowest BCUT2D eigenvalue weighted by atomic mass is 10.2. The Morgan fingerprint density at radius 1 is 1.24 bits per heavy atom. The number of carbonyl (C=O) groups excluding carboxylic acids is 1. The van der Waals surface area contributed by atoms with Crippen LogP contribution < -0.4 is 14.8 Å². The summed E-state index contributed by atoms with van der Waals surface area (Å²) in [6.07, 6.45) is 5.40. The van der Waals surface area contributed by atoms with Crippen LogP contribution in [0.1, 0.15) is 5.56 Å². The van der Waals surface area contributed by atoms with E-state index >= 15 is 0 Å². The summed E-state index contributed by atoms with van der Waals surface area (Å²) >= 11 is 6.17. The molecule has 6 heteroatoms. The number of hydrogen-bond donors (Lipinski definition) is 1. The molecule has 0 heterocycles. The van der Waals surface area contributed by atoms with E-state index in [0.717, 1.165) is 5.56 Å². The number of hydrogen-bond acceptors (Lipinski definition) is 3. The van der Waals surface area contributed by atoms with Gasteiger partial charge in [0, 0.05) is 17.6 Å². The quantitative estimate of drug-likeness (QED) is 0.793.